The van der Waals surface area contributed by atoms with Crippen LogP contribution in [0.15, 0.2) is 65.6 Å². The lowest BCUT2D eigenvalue weighted by Gasteiger charge is -2.34. The fourth-order valence-electron chi connectivity index (χ4n) is 5.29. The Morgan fingerprint density at radius 1 is 0.850 bits per heavy atom. The van der Waals surface area contributed by atoms with Gasteiger partial charge >= 0.3 is 0 Å². The predicted molar refractivity (Wildman–Crippen MR) is 155 cm³/mol. The molecule has 0 radical (unpaired) electrons. The molecule has 0 spiro atoms. The standard InChI is InChI=1S/C29H30N4O5S2/c1-37-24-11-12-25(38-2)27-26(24)30-29(39-27)32-17-15-31(16-18-32)28(34)21-7-9-23(10-8-21)40(35,36)33-14-13-20-5-3-4-6-22(20)19-33/h3-12H,13-19H2,1-2H3. The van der Waals surface area contributed by atoms with Gasteiger partial charge in [0.1, 0.15) is 21.7 Å². The van der Waals surface area contributed by atoms with E-state index >= 15 is 0 Å². The Morgan fingerprint density at radius 3 is 2.23 bits per heavy atom. The van der Waals surface area contributed by atoms with Gasteiger partial charge in [-0.05, 0) is 53.9 Å². The summed E-state index contributed by atoms with van der Waals surface area (Å²) in [6.07, 6.45) is 0.691. The van der Waals surface area contributed by atoms with Crippen molar-refractivity contribution in [2.45, 2.75) is 17.9 Å². The zero-order valence-electron chi connectivity index (χ0n) is 22.4. The number of amides is 1. The van der Waals surface area contributed by atoms with Crippen LogP contribution in [0.2, 0.25) is 0 Å². The summed E-state index contributed by atoms with van der Waals surface area (Å²) in [5.74, 6) is 1.34. The summed E-state index contributed by atoms with van der Waals surface area (Å²) in [5, 5.41) is 0.861. The molecule has 4 aromatic rings. The Hall–Kier alpha value is -3.67. The van der Waals surface area contributed by atoms with Gasteiger partial charge in [0.15, 0.2) is 5.13 Å². The smallest absolute Gasteiger partial charge is 0.253 e. The number of aromatic nitrogens is 1. The van der Waals surface area contributed by atoms with Gasteiger partial charge in [0.25, 0.3) is 5.91 Å². The van der Waals surface area contributed by atoms with Crippen molar-refractivity contribution in [2.24, 2.45) is 0 Å². The number of piperazine rings is 1. The van der Waals surface area contributed by atoms with Crippen molar-refractivity contribution >= 4 is 42.6 Å². The topological polar surface area (TPSA) is 92.3 Å². The van der Waals surface area contributed by atoms with Gasteiger partial charge in [-0.1, -0.05) is 35.6 Å². The molecule has 40 heavy (non-hydrogen) atoms. The Balaban J connectivity index is 1.12. The third kappa shape index (κ3) is 4.78. The van der Waals surface area contributed by atoms with Gasteiger partial charge in [-0.15, -0.1) is 0 Å². The fraction of sp³-hybridized carbons (Fsp3) is 0.310. The lowest BCUT2D eigenvalue weighted by Crippen LogP contribution is -2.48. The van der Waals surface area contributed by atoms with Crippen molar-refractivity contribution in [3.05, 3.63) is 77.4 Å². The van der Waals surface area contributed by atoms with Crippen LogP contribution in [0.25, 0.3) is 10.2 Å². The highest BCUT2D eigenvalue weighted by atomic mass is 32.2. The number of anilines is 1. The SMILES string of the molecule is COc1ccc(OC)c2sc(N3CCN(C(=O)c4ccc(S(=O)(=O)N5CCc6ccccc6C5)cc4)CC3)nc12. The third-order valence-corrected chi connectivity index (χ3v) is 10.6. The Kier molecular flexibility index (Phi) is 7.11. The Morgan fingerprint density at radius 2 is 1.52 bits per heavy atom. The number of rotatable bonds is 6. The molecule has 1 amide bonds. The van der Waals surface area contributed by atoms with E-state index < -0.39 is 10.0 Å². The summed E-state index contributed by atoms with van der Waals surface area (Å²) in [7, 11) is -0.390. The summed E-state index contributed by atoms with van der Waals surface area (Å²) in [6, 6.07) is 18.0. The summed E-state index contributed by atoms with van der Waals surface area (Å²) < 4.78 is 40.0. The van der Waals surface area contributed by atoms with Crippen molar-refractivity contribution in [2.75, 3.05) is 51.8 Å². The highest BCUT2D eigenvalue weighted by Crippen LogP contribution is 2.40. The molecule has 1 aromatic heterocycles. The summed E-state index contributed by atoms with van der Waals surface area (Å²) >= 11 is 1.55. The first-order valence-corrected chi connectivity index (χ1v) is 15.4. The molecule has 1 fully saturated rings. The minimum Gasteiger partial charge on any atom is -0.495 e. The minimum atomic E-state index is -3.65. The second-order valence-electron chi connectivity index (χ2n) is 9.81. The van der Waals surface area contributed by atoms with Crippen molar-refractivity contribution in [3.8, 4) is 11.5 Å². The summed E-state index contributed by atoms with van der Waals surface area (Å²) in [6.45, 7) is 3.15. The molecule has 0 atom stereocenters. The van der Waals surface area contributed by atoms with Gasteiger partial charge in [-0.25, -0.2) is 13.4 Å². The molecule has 1 saturated heterocycles. The van der Waals surface area contributed by atoms with Gasteiger partial charge in [0.2, 0.25) is 10.0 Å². The van der Waals surface area contributed by atoms with E-state index in [1.807, 2.05) is 36.4 Å². The van der Waals surface area contributed by atoms with E-state index in [0.29, 0.717) is 57.0 Å². The van der Waals surface area contributed by atoms with Crippen LogP contribution in [0.4, 0.5) is 5.13 Å². The van der Waals surface area contributed by atoms with Crippen molar-refractivity contribution in [3.63, 3.8) is 0 Å². The van der Waals surface area contributed by atoms with Crippen LogP contribution >= 0.6 is 11.3 Å². The van der Waals surface area contributed by atoms with Crippen LogP contribution in [-0.2, 0) is 23.0 Å². The van der Waals surface area contributed by atoms with E-state index in [0.717, 1.165) is 26.7 Å². The second-order valence-corrected chi connectivity index (χ2v) is 12.7. The Bertz CT molecular complexity index is 1620. The molecule has 0 N–H and O–H groups in total. The van der Waals surface area contributed by atoms with E-state index in [2.05, 4.69) is 4.90 Å². The second kappa shape index (κ2) is 10.7. The molecule has 0 bridgehead atoms. The molecule has 0 aliphatic carbocycles. The molecule has 0 saturated carbocycles. The van der Waals surface area contributed by atoms with E-state index in [9.17, 15) is 13.2 Å². The van der Waals surface area contributed by atoms with E-state index in [4.69, 9.17) is 14.5 Å². The molecule has 6 rings (SSSR count). The quantitative estimate of drug-likeness (QED) is 0.341. The number of thiazole rings is 1. The van der Waals surface area contributed by atoms with Gasteiger partial charge in [-0.2, -0.15) is 4.31 Å². The van der Waals surface area contributed by atoms with Crippen LogP contribution in [0.5, 0.6) is 11.5 Å². The monoisotopic (exact) mass is 578 g/mol. The van der Waals surface area contributed by atoms with Crippen molar-refractivity contribution < 1.29 is 22.7 Å². The molecular formula is C29H30N4O5S2. The normalized spacial score (nSPS) is 16.1. The molecular weight excluding hydrogens is 548 g/mol. The van der Waals surface area contributed by atoms with Crippen LogP contribution in [0.1, 0.15) is 21.5 Å². The number of fused-ring (bicyclic) bond motifs is 2. The van der Waals surface area contributed by atoms with Gasteiger partial charge in [-0.3, -0.25) is 4.79 Å². The van der Waals surface area contributed by atoms with Crippen LogP contribution < -0.4 is 14.4 Å². The van der Waals surface area contributed by atoms with E-state index in [1.54, 1.807) is 54.7 Å². The lowest BCUT2D eigenvalue weighted by molar-refractivity contribution is 0.0746. The van der Waals surface area contributed by atoms with Crippen LogP contribution in [0.3, 0.4) is 0 Å². The average molecular weight is 579 g/mol. The lowest BCUT2D eigenvalue weighted by atomic mass is 10.0. The van der Waals surface area contributed by atoms with Gasteiger partial charge < -0.3 is 19.3 Å². The minimum absolute atomic E-state index is 0.108. The molecule has 0 unspecified atom stereocenters. The molecule has 3 heterocycles. The number of hydrogen-bond acceptors (Lipinski definition) is 8. The average Bonchev–Trinajstić information content (AvgIpc) is 3.46. The maximum Gasteiger partial charge on any atom is 0.253 e. The van der Waals surface area contributed by atoms with Gasteiger partial charge in [0, 0.05) is 44.8 Å². The first-order chi connectivity index (χ1) is 19.4. The molecule has 2 aliphatic heterocycles. The number of benzene rings is 3. The zero-order chi connectivity index (χ0) is 27.9. The predicted octanol–water partition coefficient (Wildman–Crippen LogP) is 4.02. The van der Waals surface area contributed by atoms with Crippen LogP contribution in [0, 0.1) is 0 Å². The van der Waals surface area contributed by atoms with E-state index in [-0.39, 0.29) is 10.8 Å². The molecule has 11 heteroatoms. The maximum absolute atomic E-state index is 13.3. The number of hydrogen-bond donors (Lipinski definition) is 0. The third-order valence-electron chi connectivity index (χ3n) is 7.57. The van der Waals surface area contributed by atoms with Crippen molar-refractivity contribution in [1.29, 1.82) is 0 Å². The molecule has 2 aliphatic rings. The maximum atomic E-state index is 13.3. The van der Waals surface area contributed by atoms with Crippen LogP contribution in [-0.4, -0.2) is 75.5 Å². The first-order valence-electron chi connectivity index (χ1n) is 13.1. The Labute approximate surface area is 237 Å². The summed E-state index contributed by atoms with van der Waals surface area (Å²) in [5.41, 5.74) is 3.47. The van der Waals surface area contributed by atoms with E-state index in [1.165, 1.54) is 9.87 Å². The highest BCUT2D eigenvalue weighted by molar-refractivity contribution is 7.89. The first kappa shape index (κ1) is 26.5. The van der Waals surface area contributed by atoms with Gasteiger partial charge in [0.05, 0.1) is 19.1 Å². The summed E-state index contributed by atoms with van der Waals surface area (Å²) in [4.78, 5) is 22.2. The number of carbonyl (C=O) groups is 1. The van der Waals surface area contributed by atoms with Crippen molar-refractivity contribution in [1.82, 2.24) is 14.2 Å². The highest BCUT2D eigenvalue weighted by Gasteiger charge is 2.29. The molecule has 208 valence electrons. The molecule has 3 aromatic carbocycles. The largest absolute Gasteiger partial charge is 0.495 e. The number of carbonyl (C=O) groups excluding carboxylic acids is 1. The zero-order valence-corrected chi connectivity index (χ0v) is 24.0. The number of nitrogens with zero attached hydrogens (tertiary/aromatic N) is 4. The number of ether oxygens (including phenoxy) is 2. The fourth-order valence-corrected chi connectivity index (χ4v) is 7.83. The number of sulfonamides is 1. The number of methoxy groups -OCH3 is 2. The molecule has 9 nitrogen and oxygen atoms in total.